The van der Waals surface area contributed by atoms with Gasteiger partial charge in [0.05, 0.1) is 6.10 Å². The van der Waals surface area contributed by atoms with Gasteiger partial charge in [0.2, 0.25) is 0 Å². The number of hydrogen-bond donors (Lipinski definition) is 1. The smallest absolute Gasteiger partial charge is 0.142 e. The van der Waals surface area contributed by atoms with E-state index in [0.29, 0.717) is 6.29 Å². The molecule has 3 heteroatoms. The van der Waals surface area contributed by atoms with Gasteiger partial charge < -0.3 is 9.84 Å². The normalized spacial score (nSPS) is 17.1. The van der Waals surface area contributed by atoms with E-state index in [1.54, 1.807) is 6.92 Å². The van der Waals surface area contributed by atoms with Crippen molar-refractivity contribution in [3.05, 3.63) is 12.2 Å². The standard InChI is InChI=1S/C7H12O3/c1-6(9)7(10-2)4-3-5-8/h3-7,9H,1-2H3/b4-3+/t6-,7+/m0/s1. The number of methoxy groups -OCH3 is 1. The molecule has 10 heavy (non-hydrogen) atoms. The maximum atomic E-state index is 9.82. The summed E-state index contributed by atoms with van der Waals surface area (Å²) in [4.78, 5) is 9.82. The Morgan fingerprint density at radius 3 is 2.50 bits per heavy atom. The van der Waals surface area contributed by atoms with Crippen LogP contribution in [-0.2, 0) is 9.53 Å². The Hall–Kier alpha value is -0.670. The quantitative estimate of drug-likeness (QED) is 0.451. The lowest BCUT2D eigenvalue weighted by Crippen LogP contribution is -2.22. The van der Waals surface area contributed by atoms with E-state index in [2.05, 4.69) is 0 Å². The fraction of sp³-hybridized carbons (Fsp3) is 0.571. The van der Waals surface area contributed by atoms with Crippen molar-refractivity contribution in [2.75, 3.05) is 7.11 Å². The minimum Gasteiger partial charge on any atom is -0.390 e. The van der Waals surface area contributed by atoms with Crippen LogP contribution in [0.3, 0.4) is 0 Å². The molecule has 0 saturated heterocycles. The van der Waals surface area contributed by atoms with Crippen LogP contribution in [0.4, 0.5) is 0 Å². The summed E-state index contributed by atoms with van der Waals surface area (Å²) in [6.45, 7) is 1.60. The fourth-order valence-corrected chi connectivity index (χ4v) is 0.591. The summed E-state index contributed by atoms with van der Waals surface area (Å²) >= 11 is 0. The van der Waals surface area contributed by atoms with Crippen LogP contribution in [0.1, 0.15) is 6.92 Å². The number of carbonyl (C=O) groups is 1. The lowest BCUT2D eigenvalue weighted by Gasteiger charge is -2.12. The summed E-state index contributed by atoms with van der Waals surface area (Å²) in [6.07, 6.45) is 2.50. The molecule has 0 rings (SSSR count). The highest BCUT2D eigenvalue weighted by molar-refractivity contribution is 5.64. The number of hydrogen-bond acceptors (Lipinski definition) is 3. The fourth-order valence-electron chi connectivity index (χ4n) is 0.591. The summed E-state index contributed by atoms with van der Waals surface area (Å²) < 4.78 is 4.82. The van der Waals surface area contributed by atoms with Gasteiger partial charge in [-0.15, -0.1) is 0 Å². The molecule has 0 unspecified atom stereocenters. The molecule has 0 spiro atoms. The molecular weight excluding hydrogens is 132 g/mol. The number of rotatable bonds is 4. The Morgan fingerprint density at radius 2 is 2.20 bits per heavy atom. The number of aldehydes is 1. The number of carbonyl (C=O) groups excluding carboxylic acids is 1. The largest absolute Gasteiger partial charge is 0.390 e. The van der Waals surface area contributed by atoms with Crippen LogP contribution < -0.4 is 0 Å². The van der Waals surface area contributed by atoms with Gasteiger partial charge in [-0.25, -0.2) is 0 Å². The van der Waals surface area contributed by atoms with Gasteiger partial charge in [-0.2, -0.15) is 0 Å². The highest BCUT2D eigenvalue weighted by atomic mass is 16.5. The Labute approximate surface area is 60.3 Å². The van der Waals surface area contributed by atoms with Crippen molar-refractivity contribution in [3.63, 3.8) is 0 Å². The van der Waals surface area contributed by atoms with Crippen molar-refractivity contribution in [3.8, 4) is 0 Å². The van der Waals surface area contributed by atoms with Crippen molar-refractivity contribution < 1.29 is 14.6 Å². The molecule has 3 nitrogen and oxygen atoms in total. The first kappa shape index (κ1) is 9.33. The van der Waals surface area contributed by atoms with Gasteiger partial charge >= 0.3 is 0 Å². The summed E-state index contributed by atoms with van der Waals surface area (Å²) in [5.41, 5.74) is 0. The topological polar surface area (TPSA) is 46.5 Å². The van der Waals surface area contributed by atoms with Crippen LogP contribution in [-0.4, -0.2) is 30.7 Å². The van der Waals surface area contributed by atoms with Gasteiger partial charge in [-0.05, 0) is 13.0 Å². The highest BCUT2D eigenvalue weighted by Crippen LogP contribution is 1.97. The molecule has 0 saturated carbocycles. The SMILES string of the molecule is CO[C@H](/C=C/C=O)[C@H](C)O. The molecule has 0 aliphatic rings. The Balaban J connectivity index is 3.82. The van der Waals surface area contributed by atoms with E-state index >= 15 is 0 Å². The molecule has 0 aromatic heterocycles. The lowest BCUT2D eigenvalue weighted by atomic mass is 10.2. The molecule has 0 aromatic rings. The van der Waals surface area contributed by atoms with E-state index in [0.717, 1.165) is 0 Å². The van der Waals surface area contributed by atoms with E-state index < -0.39 is 6.10 Å². The molecule has 0 radical (unpaired) electrons. The molecule has 0 aliphatic carbocycles. The predicted octanol–water partition coefficient (Wildman–Crippen LogP) is 0.137. The molecule has 0 heterocycles. The summed E-state index contributed by atoms with van der Waals surface area (Å²) in [6, 6.07) is 0. The third-order valence-corrected chi connectivity index (χ3v) is 1.13. The second-order valence-electron chi connectivity index (χ2n) is 1.96. The maximum Gasteiger partial charge on any atom is 0.142 e. The van der Waals surface area contributed by atoms with E-state index in [-0.39, 0.29) is 6.10 Å². The number of aliphatic hydroxyl groups is 1. The number of aliphatic hydroxyl groups excluding tert-OH is 1. The predicted molar refractivity (Wildman–Crippen MR) is 37.7 cm³/mol. The van der Waals surface area contributed by atoms with Crippen molar-refractivity contribution >= 4 is 6.29 Å². The van der Waals surface area contributed by atoms with Crippen LogP contribution in [0.5, 0.6) is 0 Å². The lowest BCUT2D eigenvalue weighted by molar-refractivity contribution is -0.104. The Bertz CT molecular complexity index is 118. The van der Waals surface area contributed by atoms with Gasteiger partial charge in [0.1, 0.15) is 12.4 Å². The first-order valence-electron chi connectivity index (χ1n) is 3.05. The molecular formula is C7H12O3. The molecule has 0 bridgehead atoms. The van der Waals surface area contributed by atoms with Crippen LogP contribution in [0, 0.1) is 0 Å². The summed E-state index contributed by atoms with van der Waals surface area (Å²) in [5.74, 6) is 0. The second kappa shape index (κ2) is 5.14. The van der Waals surface area contributed by atoms with Gasteiger partial charge in [-0.1, -0.05) is 6.08 Å². The third-order valence-electron chi connectivity index (χ3n) is 1.13. The molecule has 0 aromatic carbocycles. The molecule has 0 amide bonds. The van der Waals surface area contributed by atoms with E-state index in [4.69, 9.17) is 9.84 Å². The average Bonchev–Trinajstić information content (AvgIpc) is 1.89. The van der Waals surface area contributed by atoms with Crippen molar-refractivity contribution in [2.24, 2.45) is 0 Å². The first-order chi connectivity index (χ1) is 4.72. The number of ether oxygens (including phenoxy) is 1. The van der Waals surface area contributed by atoms with Crippen LogP contribution in [0.25, 0.3) is 0 Å². The first-order valence-corrected chi connectivity index (χ1v) is 3.05. The van der Waals surface area contributed by atoms with Crippen LogP contribution in [0.15, 0.2) is 12.2 Å². The van der Waals surface area contributed by atoms with Gasteiger partial charge in [0, 0.05) is 7.11 Å². The Kier molecular flexibility index (Phi) is 4.80. The van der Waals surface area contributed by atoms with Crippen LogP contribution in [0.2, 0.25) is 0 Å². The van der Waals surface area contributed by atoms with E-state index in [9.17, 15) is 4.79 Å². The zero-order chi connectivity index (χ0) is 7.98. The van der Waals surface area contributed by atoms with Gasteiger partial charge in [-0.3, -0.25) is 4.79 Å². The molecule has 0 aliphatic heterocycles. The monoisotopic (exact) mass is 144 g/mol. The molecule has 0 fully saturated rings. The third kappa shape index (κ3) is 3.37. The minimum atomic E-state index is -0.582. The highest BCUT2D eigenvalue weighted by Gasteiger charge is 2.08. The van der Waals surface area contributed by atoms with E-state index in [1.807, 2.05) is 0 Å². The molecule has 58 valence electrons. The van der Waals surface area contributed by atoms with Gasteiger partial charge in [0.25, 0.3) is 0 Å². The molecule has 2 atom stereocenters. The van der Waals surface area contributed by atoms with Gasteiger partial charge in [0.15, 0.2) is 0 Å². The Morgan fingerprint density at radius 1 is 1.60 bits per heavy atom. The average molecular weight is 144 g/mol. The summed E-state index contributed by atoms with van der Waals surface area (Å²) in [7, 11) is 1.48. The minimum absolute atomic E-state index is 0.384. The number of allylic oxidation sites excluding steroid dienone is 1. The van der Waals surface area contributed by atoms with Crippen molar-refractivity contribution in [1.29, 1.82) is 0 Å². The maximum absolute atomic E-state index is 9.82. The van der Waals surface area contributed by atoms with Crippen molar-refractivity contribution in [1.82, 2.24) is 0 Å². The van der Waals surface area contributed by atoms with E-state index in [1.165, 1.54) is 19.3 Å². The summed E-state index contributed by atoms with van der Waals surface area (Å²) in [5, 5.41) is 8.95. The zero-order valence-corrected chi connectivity index (χ0v) is 6.15. The molecule has 1 N–H and O–H groups in total. The zero-order valence-electron chi connectivity index (χ0n) is 6.15. The second-order valence-corrected chi connectivity index (χ2v) is 1.96. The van der Waals surface area contributed by atoms with Crippen LogP contribution >= 0.6 is 0 Å². The van der Waals surface area contributed by atoms with Crippen molar-refractivity contribution in [2.45, 2.75) is 19.1 Å².